The Hall–Kier alpha value is -3.61. The van der Waals surface area contributed by atoms with Crippen molar-refractivity contribution in [2.75, 3.05) is 38.6 Å². The Morgan fingerprint density at radius 3 is 2.61 bits per heavy atom. The first-order valence-electron chi connectivity index (χ1n) is 13.5. The minimum absolute atomic E-state index is 0.0000442. The van der Waals surface area contributed by atoms with E-state index in [4.69, 9.17) is 9.47 Å². The number of aliphatic hydroxyl groups is 1. The Bertz CT molecular complexity index is 1440. The molecular weight excluding hydrogens is 546 g/mol. The molecule has 2 aromatic carbocycles. The molecule has 0 saturated carbocycles. The number of aromatic nitrogens is 2. The van der Waals surface area contributed by atoms with Crippen molar-refractivity contribution in [1.29, 1.82) is 0 Å². The molecule has 11 nitrogen and oxygen atoms in total. The summed E-state index contributed by atoms with van der Waals surface area (Å²) in [6.45, 7) is 5.36. The Labute approximate surface area is 241 Å². The van der Waals surface area contributed by atoms with Crippen molar-refractivity contribution in [3.63, 3.8) is 0 Å². The number of imidazole rings is 1. The highest BCUT2D eigenvalue weighted by molar-refractivity contribution is 7.92. The lowest BCUT2D eigenvalue weighted by atomic mass is 10.0. The van der Waals surface area contributed by atoms with Crippen LogP contribution in [0.1, 0.15) is 25.0 Å². The number of fused-ring (bicyclic) bond motifs is 1. The number of sulfonamides is 1. The van der Waals surface area contributed by atoms with Crippen LogP contribution in [0.15, 0.2) is 60.0 Å². The van der Waals surface area contributed by atoms with Crippen LogP contribution in [0.25, 0.3) is 0 Å². The monoisotopic (exact) mass is 585 g/mol. The lowest BCUT2D eigenvalue weighted by Crippen LogP contribution is -2.47. The average molecular weight is 586 g/mol. The number of aryl methyl sites for hydroxylation is 1. The first kappa shape index (κ1) is 30.4. The van der Waals surface area contributed by atoms with Crippen molar-refractivity contribution in [1.82, 2.24) is 19.4 Å². The fourth-order valence-corrected chi connectivity index (χ4v) is 5.89. The van der Waals surface area contributed by atoms with Crippen molar-refractivity contribution in [2.24, 2.45) is 13.0 Å². The van der Waals surface area contributed by atoms with E-state index in [0.717, 1.165) is 11.3 Å². The minimum atomic E-state index is -3.92. The maximum Gasteiger partial charge on any atom is 0.280 e. The van der Waals surface area contributed by atoms with Gasteiger partial charge in [0.05, 0.1) is 32.5 Å². The van der Waals surface area contributed by atoms with E-state index >= 15 is 0 Å². The molecule has 0 fully saturated rings. The van der Waals surface area contributed by atoms with Crippen molar-refractivity contribution in [2.45, 2.75) is 44.0 Å². The molecule has 0 saturated heterocycles. The number of likely N-dealkylation sites (N-methyl/N-ethyl adjacent to an activating group) is 1. The minimum Gasteiger partial charge on any atom is -0.497 e. The van der Waals surface area contributed by atoms with Gasteiger partial charge in [-0.25, -0.2) is 4.98 Å². The van der Waals surface area contributed by atoms with Crippen molar-refractivity contribution in [3.05, 3.63) is 66.1 Å². The van der Waals surface area contributed by atoms with Crippen LogP contribution >= 0.6 is 0 Å². The maximum atomic E-state index is 13.5. The molecule has 222 valence electrons. The molecule has 1 amide bonds. The van der Waals surface area contributed by atoms with Crippen molar-refractivity contribution >= 4 is 21.6 Å². The summed E-state index contributed by atoms with van der Waals surface area (Å²) in [5, 5.41) is 9.78. The Kier molecular flexibility index (Phi) is 9.57. The normalized spacial score (nSPS) is 18.6. The number of methoxy groups -OCH3 is 1. The van der Waals surface area contributed by atoms with Gasteiger partial charge in [0.1, 0.15) is 17.6 Å². The molecule has 1 aliphatic rings. The van der Waals surface area contributed by atoms with Crippen molar-refractivity contribution in [3.8, 4) is 11.5 Å². The average Bonchev–Trinajstić information content (AvgIpc) is 3.40. The zero-order chi connectivity index (χ0) is 29.7. The molecule has 0 aliphatic carbocycles. The van der Waals surface area contributed by atoms with Crippen LogP contribution in [-0.2, 0) is 34.8 Å². The number of hydrogen-bond acceptors (Lipinski definition) is 8. The second-order valence-electron chi connectivity index (χ2n) is 10.7. The van der Waals surface area contributed by atoms with Crippen LogP contribution in [0, 0.1) is 5.92 Å². The van der Waals surface area contributed by atoms with Gasteiger partial charge in [0.2, 0.25) is 5.91 Å². The fourth-order valence-electron chi connectivity index (χ4n) is 4.86. The van der Waals surface area contributed by atoms with E-state index in [1.165, 1.54) is 12.5 Å². The van der Waals surface area contributed by atoms with Gasteiger partial charge in [-0.05, 0) is 49.9 Å². The van der Waals surface area contributed by atoms with Crippen LogP contribution < -0.4 is 14.2 Å². The molecule has 1 aromatic heterocycles. The quantitative estimate of drug-likeness (QED) is 0.372. The molecule has 1 aliphatic heterocycles. The highest BCUT2D eigenvalue weighted by atomic mass is 32.2. The summed E-state index contributed by atoms with van der Waals surface area (Å²) in [5.74, 6) is 1.10. The summed E-state index contributed by atoms with van der Waals surface area (Å²) in [7, 11) is 1.42. The van der Waals surface area contributed by atoms with Gasteiger partial charge in [0, 0.05) is 50.0 Å². The molecule has 4 rings (SSSR count). The number of anilines is 1. The number of nitrogens with one attached hydrogen (secondary N) is 1. The predicted octanol–water partition coefficient (Wildman–Crippen LogP) is 2.51. The lowest BCUT2D eigenvalue weighted by molar-refractivity contribution is -0.134. The second-order valence-corrected chi connectivity index (χ2v) is 12.4. The van der Waals surface area contributed by atoms with E-state index in [0.29, 0.717) is 36.6 Å². The highest BCUT2D eigenvalue weighted by Gasteiger charge is 2.31. The van der Waals surface area contributed by atoms with Gasteiger partial charge in [0.15, 0.2) is 5.03 Å². The van der Waals surface area contributed by atoms with E-state index in [-0.39, 0.29) is 42.0 Å². The number of ether oxygens (including phenoxy) is 2. The molecule has 12 heteroatoms. The third kappa shape index (κ3) is 7.57. The first-order chi connectivity index (χ1) is 19.5. The number of hydrogen-bond donors (Lipinski definition) is 2. The predicted molar refractivity (Wildman–Crippen MR) is 155 cm³/mol. The van der Waals surface area contributed by atoms with Crippen LogP contribution in [0.4, 0.5) is 5.69 Å². The zero-order valence-electron chi connectivity index (χ0n) is 24.1. The molecule has 0 bridgehead atoms. The lowest BCUT2D eigenvalue weighted by Gasteiger charge is -2.34. The van der Waals surface area contributed by atoms with E-state index in [1.54, 1.807) is 41.8 Å². The number of rotatable bonds is 10. The smallest absolute Gasteiger partial charge is 0.280 e. The van der Waals surface area contributed by atoms with E-state index in [2.05, 4.69) is 14.6 Å². The summed E-state index contributed by atoms with van der Waals surface area (Å²) in [6.07, 6.45) is 2.54. The Morgan fingerprint density at radius 2 is 1.98 bits per heavy atom. The molecular formula is C29H39N5O6S. The molecule has 3 aromatic rings. The SMILES string of the molecule is COc1ccc(CN(C)C[C@@H]2Oc3ccc(NS(=O)(=O)c4cn(C)cn4)cc3CC(=O)N([C@@H](C)CO)C[C@H]2C)cc1. The van der Waals surface area contributed by atoms with Gasteiger partial charge in [-0.2, -0.15) is 8.42 Å². The fraction of sp³-hybridized carbons (Fsp3) is 0.448. The summed E-state index contributed by atoms with van der Waals surface area (Å²) in [4.78, 5) is 21.2. The highest BCUT2D eigenvalue weighted by Crippen LogP contribution is 2.30. The third-order valence-corrected chi connectivity index (χ3v) is 8.49. The number of carbonyl (C=O) groups excluding carboxylic acids is 1. The molecule has 41 heavy (non-hydrogen) atoms. The largest absolute Gasteiger partial charge is 0.497 e. The number of nitrogens with zero attached hydrogens (tertiary/aromatic N) is 4. The van der Waals surface area contributed by atoms with Crippen LogP contribution in [0.3, 0.4) is 0 Å². The van der Waals surface area contributed by atoms with Gasteiger partial charge in [0.25, 0.3) is 10.0 Å². The molecule has 0 spiro atoms. The third-order valence-electron chi connectivity index (χ3n) is 7.23. The Balaban J connectivity index is 1.61. The van der Waals surface area contributed by atoms with Crippen LogP contribution in [-0.4, -0.2) is 84.8 Å². The standard InChI is InChI=1S/C29H39N5O6S/c1-20-14-34(21(2)18-35)29(36)13-23-12-24(31-41(37,38)28-17-33(4)19-30-28)8-11-26(23)40-27(20)16-32(3)15-22-6-9-25(39-5)10-7-22/h6-12,17,19-21,27,31,35H,13-16,18H2,1-5H3/t20-,21+,27+/m1/s1. The van der Waals surface area contributed by atoms with Gasteiger partial charge in [-0.15, -0.1) is 0 Å². The van der Waals surface area contributed by atoms with E-state index in [9.17, 15) is 18.3 Å². The van der Waals surface area contributed by atoms with Gasteiger partial charge in [-0.3, -0.25) is 14.4 Å². The zero-order valence-corrected chi connectivity index (χ0v) is 25.0. The van der Waals surface area contributed by atoms with Gasteiger partial charge in [-0.1, -0.05) is 19.1 Å². The molecule has 0 unspecified atom stereocenters. The summed E-state index contributed by atoms with van der Waals surface area (Å²) < 4.78 is 41.7. The molecule has 2 heterocycles. The van der Waals surface area contributed by atoms with Crippen LogP contribution in [0.5, 0.6) is 11.5 Å². The number of benzene rings is 2. The summed E-state index contributed by atoms with van der Waals surface area (Å²) in [5.41, 5.74) is 1.98. The van der Waals surface area contributed by atoms with E-state index < -0.39 is 10.0 Å². The van der Waals surface area contributed by atoms with Crippen molar-refractivity contribution < 1.29 is 27.8 Å². The number of amides is 1. The first-order valence-corrected chi connectivity index (χ1v) is 15.0. The van der Waals surface area contributed by atoms with Gasteiger partial charge < -0.3 is 24.0 Å². The van der Waals surface area contributed by atoms with E-state index in [1.807, 2.05) is 45.2 Å². The maximum absolute atomic E-state index is 13.5. The second kappa shape index (κ2) is 12.9. The topological polar surface area (TPSA) is 126 Å². The summed E-state index contributed by atoms with van der Waals surface area (Å²) >= 11 is 0. The van der Waals surface area contributed by atoms with Gasteiger partial charge >= 0.3 is 0 Å². The number of aliphatic hydroxyl groups excluding tert-OH is 1. The molecule has 2 N–H and O–H groups in total. The number of carbonyl (C=O) groups is 1. The molecule has 3 atom stereocenters. The summed E-state index contributed by atoms with van der Waals surface area (Å²) in [6, 6.07) is 12.5. The molecule has 0 radical (unpaired) electrons. The van der Waals surface area contributed by atoms with Crippen LogP contribution in [0.2, 0.25) is 0 Å². The Morgan fingerprint density at radius 1 is 1.24 bits per heavy atom.